The van der Waals surface area contributed by atoms with Crippen LogP contribution in [-0.4, -0.2) is 5.16 Å². The summed E-state index contributed by atoms with van der Waals surface area (Å²) in [6.45, 7) is 5.39. The number of hydrogen-bond acceptors (Lipinski definition) is 3. The van der Waals surface area contributed by atoms with E-state index in [4.69, 9.17) is 16.1 Å². The molecule has 1 heterocycles. The first kappa shape index (κ1) is 13.6. The number of halogens is 2. The van der Waals surface area contributed by atoms with Crippen molar-refractivity contribution in [2.45, 2.75) is 26.9 Å². The van der Waals surface area contributed by atoms with Gasteiger partial charge in [0.05, 0.1) is 5.69 Å². The third kappa shape index (κ3) is 3.13. The molecule has 2 rings (SSSR count). The largest absolute Gasteiger partial charge is 0.361 e. The number of aryl methyl sites for hydroxylation is 2. The molecule has 0 aliphatic rings. The molecular formula is C13H14BrClN2O. The number of hydrogen-bond donors (Lipinski definition) is 1. The minimum absolute atomic E-state index is 0.733. The number of rotatable bonds is 4. The molecule has 0 spiro atoms. The van der Waals surface area contributed by atoms with E-state index < -0.39 is 0 Å². The van der Waals surface area contributed by atoms with Crippen LogP contribution >= 0.6 is 27.5 Å². The molecule has 2 aromatic rings. The molecule has 5 heteroatoms. The third-order valence-corrected chi connectivity index (χ3v) is 3.79. The van der Waals surface area contributed by atoms with Crippen LogP contribution in [0.1, 0.15) is 22.6 Å². The lowest BCUT2D eigenvalue weighted by Gasteiger charge is -2.07. The smallest absolute Gasteiger partial charge is 0.138 e. The van der Waals surface area contributed by atoms with E-state index in [1.807, 2.05) is 32.0 Å². The molecule has 1 N–H and O–H groups in total. The second kappa shape index (κ2) is 5.87. The zero-order valence-corrected chi connectivity index (χ0v) is 12.6. The van der Waals surface area contributed by atoms with Gasteiger partial charge in [-0.25, -0.2) is 0 Å². The Morgan fingerprint density at radius 2 is 2.11 bits per heavy atom. The molecule has 0 aliphatic carbocycles. The van der Waals surface area contributed by atoms with Crippen molar-refractivity contribution in [2.75, 3.05) is 0 Å². The van der Waals surface area contributed by atoms with Crippen LogP contribution in [0.5, 0.6) is 0 Å². The van der Waals surface area contributed by atoms with E-state index >= 15 is 0 Å². The van der Waals surface area contributed by atoms with Crippen LogP contribution in [0, 0.1) is 13.8 Å². The van der Waals surface area contributed by atoms with Gasteiger partial charge in [-0.05, 0) is 31.5 Å². The molecule has 0 fully saturated rings. The lowest BCUT2D eigenvalue weighted by Crippen LogP contribution is -2.14. The first-order valence-corrected chi connectivity index (χ1v) is 6.81. The minimum Gasteiger partial charge on any atom is -0.361 e. The Morgan fingerprint density at radius 3 is 2.72 bits per heavy atom. The first-order chi connectivity index (χ1) is 8.58. The molecule has 0 bridgehead atoms. The van der Waals surface area contributed by atoms with Crippen LogP contribution in [0.4, 0.5) is 0 Å². The summed E-state index contributed by atoms with van der Waals surface area (Å²) in [5.41, 5.74) is 3.24. The normalized spacial score (nSPS) is 10.9. The summed E-state index contributed by atoms with van der Waals surface area (Å²) in [6, 6.07) is 5.79. The zero-order valence-electron chi connectivity index (χ0n) is 10.3. The van der Waals surface area contributed by atoms with E-state index in [1.165, 1.54) is 5.56 Å². The fraction of sp³-hybridized carbons (Fsp3) is 0.308. The molecule has 0 saturated heterocycles. The van der Waals surface area contributed by atoms with Crippen molar-refractivity contribution >= 4 is 27.5 Å². The van der Waals surface area contributed by atoms with Gasteiger partial charge in [0.25, 0.3) is 0 Å². The highest BCUT2D eigenvalue weighted by atomic mass is 79.9. The van der Waals surface area contributed by atoms with Gasteiger partial charge in [0.1, 0.15) is 5.76 Å². The van der Waals surface area contributed by atoms with Crippen molar-refractivity contribution in [3.05, 3.63) is 50.3 Å². The minimum atomic E-state index is 0.733. The molecule has 0 radical (unpaired) electrons. The van der Waals surface area contributed by atoms with Crippen molar-refractivity contribution in [1.82, 2.24) is 10.5 Å². The standard InChI is InChI=1S/C13H14BrClN2O/c1-8-12(9(2)18-17-8)7-16-6-10-3-4-11(15)5-13(10)14/h3-5,16H,6-7H2,1-2H3. The second-order valence-electron chi connectivity index (χ2n) is 4.14. The highest BCUT2D eigenvalue weighted by Gasteiger charge is 2.08. The van der Waals surface area contributed by atoms with Gasteiger partial charge in [-0.1, -0.05) is 38.8 Å². The molecule has 0 atom stereocenters. The van der Waals surface area contributed by atoms with E-state index in [0.29, 0.717) is 0 Å². The Balaban J connectivity index is 1.96. The van der Waals surface area contributed by atoms with Crippen LogP contribution < -0.4 is 5.32 Å². The topological polar surface area (TPSA) is 38.1 Å². The van der Waals surface area contributed by atoms with Gasteiger partial charge in [0, 0.05) is 28.1 Å². The van der Waals surface area contributed by atoms with Crippen LogP contribution in [-0.2, 0) is 13.1 Å². The van der Waals surface area contributed by atoms with E-state index in [-0.39, 0.29) is 0 Å². The van der Waals surface area contributed by atoms with E-state index in [2.05, 4.69) is 26.4 Å². The molecule has 0 amide bonds. The third-order valence-electron chi connectivity index (χ3n) is 2.81. The molecule has 96 valence electrons. The maximum absolute atomic E-state index is 5.90. The number of nitrogens with zero attached hydrogens (tertiary/aromatic N) is 1. The molecule has 18 heavy (non-hydrogen) atoms. The summed E-state index contributed by atoms with van der Waals surface area (Å²) in [5, 5.41) is 8.03. The fourth-order valence-electron chi connectivity index (χ4n) is 1.74. The van der Waals surface area contributed by atoms with Gasteiger partial charge in [-0.2, -0.15) is 0 Å². The molecule has 0 aliphatic heterocycles. The Labute approximate surface area is 120 Å². The summed E-state index contributed by atoms with van der Waals surface area (Å²) >= 11 is 9.40. The van der Waals surface area contributed by atoms with Crippen LogP contribution in [0.15, 0.2) is 27.2 Å². The number of benzene rings is 1. The molecule has 3 nitrogen and oxygen atoms in total. The quantitative estimate of drug-likeness (QED) is 0.921. The van der Waals surface area contributed by atoms with Crippen molar-refractivity contribution in [3.63, 3.8) is 0 Å². The maximum Gasteiger partial charge on any atom is 0.138 e. The van der Waals surface area contributed by atoms with Gasteiger partial charge >= 0.3 is 0 Å². The van der Waals surface area contributed by atoms with Crippen molar-refractivity contribution in [1.29, 1.82) is 0 Å². The highest BCUT2D eigenvalue weighted by molar-refractivity contribution is 9.10. The van der Waals surface area contributed by atoms with E-state index in [0.717, 1.165) is 39.6 Å². The van der Waals surface area contributed by atoms with Gasteiger partial charge in [-0.15, -0.1) is 0 Å². The zero-order chi connectivity index (χ0) is 13.1. The van der Waals surface area contributed by atoms with E-state index in [9.17, 15) is 0 Å². The molecule has 0 saturated carbocycles. The summed E-state index contributed by atoms with van der Waals surface area (Å²) in [6.07, 6.45) is 0. The maximum atomic E-state index is 5.90. The molecule has 1 aromatic heterocycles. The van der Waals surface area contributed by atoms with Crippen molar-refractivity contribution in [3.8, 4) is 0 Å². The van der Waals surface area contributed by atoms with E-state index in [1.54, 1.807) is 0 Å². The fourth-order valence-corrected chi connectivity index (χ4v) is 2.56. The molecule has 0 unspecified atom stereocenters. The van der Waals surface area contributed by atoms with Crippen LogP contribution in [0.2, 0.25) is 5.02 Å². The Bertz CT molecular complexity index is 534. The van der Waals surface area contributed by atoms with Crippen LogP contribution in [0.3, 0.4) is 0 Å². The SMILES string of the molecule is Cc1noc(C)c1CNCc1ccc(Cl)cc1Br. The average Bonchev–Trinajstić information content (AvgIpc) is 2.63. The molecular weight excluding hydrogens is 316 g/mol. The highest BCUT2D eigenvalue weighted by Crippen LogP contribution is 2.21. The van der Waals surface area contributed by atoms with Gasteiger partial charge < -0.3 is 9.84 Å². The summed E-state index contributed by atoms with van der Waals surface area (Å²) < 4.78 is 6.14. The van der Waals surface area contributed by atoms with Crippen molar-refractivity contribution in [2.24, 2.45) is 0 Å². The summed E-state index contributed by atoms with van der Waals surface area (Å²) in [5.74, 6) is 0.871. The van der Waals surface area contributed by atoms with Gasteiger partial charge in [0.2, 0.25) is 0 Å². The lowest BCUT2D eigenvalue weighted by atomic mass is 10.2. The van der Waals surface area contributed by atoms with Gasteiger partial charge in [-0.3, -0.25) is 0 Å². The predicted octanol–water partition coefficient (Wildman–Crippen LogP) is 4.00. The van der Waals surface area contributed by atoms with Gasteiger partial charge in [0.15, 0.2) is 0 Å². The van der Waals surface area contributed by atoms with Crippen molar-refractivity contribution < 1.29 is 4.52 Å². The Morgan fingerprint density at radius 1 is 1.33 bits per heavy atom. The first-order valence-electron chi connectivity index (χ1n) is 5.64. The second-order valence-corrected chi connectivity index (χ2v) is 5.43. The Kier molecular flexibility index (Phi) is 4.43. The monoisotopic (exact) mass is 328 g/mol. The van der Waals surface area contributed by atoms with Crippen LogP contribution in [0.25, 0.3) is 0 Å². The Hall–Kier alpha value is -0.840. The summed E-state index contributed by atoms with van der Waals surface area (Å²) in [7, 11) is 0. The predicted molar refractivity (Wildman–Crippen MR) is 75.7 cm³/mol. The number of nitrogens with one attached hydrogen (secondary N) is 1. The number of aromatic nitrogens is 1. The summed E-state index contributed by atoms with van der Waals surface area (Å²) in [4.78, 5) is 0. The average molecular weight is 330 g/mol. The molecule has 1 aromatic carbocycles. The lowest BCUT2D eigenvalue weighted by molar-refractivity contribution is 0.392.